The van der Waals surface area contributed by atoms with Gasteiger partial charge in [0.2, 0.25) is 0 Å². The molecule has 0 aromatic carbocycles. The van der Waals surface area contributed by atoms with Gasteiger partial charge in [-0.1, -0.05) is 0 Å². The Hall–Kier alpha value is -0.940. The van der Waals surface area contributed by atoms with Crippen molar-refractivity contribution in [2.75, 3.05) is 13.1 Å². The van der Waals surface area contributed by atoms with E-state index in [0.29, 0.717) is 12.2 Å². The fourth-order valence-electron chi connectivity index (χ4n) is 1.89. The van der Waals surface area contributed by atoms with Crippen LogP contribution in [0.3, 0.4) is 0 Å². The lowest BCUT2D eigenvalue weighted by atomic mass is 10.1. The van der Waals surface area contributed by atoms with Crippen LogP contribution in [0, 0.1) is 0 Å². The summed E-state index contributed by atoms with van der Waals surface area (Å²) in [7, 11) is 0. The number of hydrogen-bond donors (Lipinski definition) is 1. The third kappa shape index (κ3) is 2.41. The molecule has 0 saturated carbocycles. The van der Waals surface area contributed by atoms with Gasteiger partial charge in [0.05, 0.1) is 0 Å². The highest BCUT2D eigenvalue weighted by atomic mass is 79.9. The molecule has 1 fully saturated rings. The molecule has 1 aromatic rings. The van der Waals surface area contributed by atoms with Crippen molar-refractivity contribution in [2.24, 2.45) is 5.73 Å². The van der Waals surface area contributed by atoms with Crippen LogP contribution in [0.1, 0.15) is 23.3 Å². The maximum atomic E-state index is 12.1. The van der Waals surface area contributed by atoms with Crippen molar-refractivity contribution >= 4 is 21.8 Å². The lowest BCUT2D eigenvalue weighted by Gasteiger charge is -2.30. The monoisotopic (exact) mass is 283 g/mol. The van der Waals surface area contributed by atoms with Gasteiger partial charge in [0.15, 0.2) is 0 Å². The number of nitrogens with zero attached hydrogens (tertiary/aromatic N) is 2. The largest absolute Gasteiger partial charge is 0.336 e. The summed E-state index contributed by atoms with van der Waals surface area (Å²) in [5.74, 6) is -0.0392. The summed E-state index contributed by atoms with van der Waals surface area (Å²) in [6, 6.07) is 3.72. The number of likely N-dealkylation sites (tertiary alicyclic amines) is 1. The van der Waals surface area contributed by atoms with E-state index in [9.17, 15) is 4.79 Å². The number of pyridine rings is 1. The number of carbonyl (C=O) groups is 1. The van der Waals surface area contributed by atoms with Gasteiger partial charge >= 0.3 is 0 Å². The first-order valence-corrected chi connectivity index (χ1v) is 6.13. The van der Waals surface area contributed by atoms with Gasteiger partial charge in [-0.15, -0.1) is 0 Å². The number of carbonyl (C=O) groups excluding carboxylic acids is 1. The molecule has 0 unspecified atom stereocenters. The lowest BCUT2D eigenvalue weighted by Crippen LogP contribution is -2.46. The SMILES string of the molecule is N[C@@H]1CCCN(C(=O)c2ncccc2Br)C1. The number of rotatable bonds is 1. The normalized spacial score (nSPS) is 20.9. The molecule has 0 spiro atoms. The van der Waals surface area contributed by atoms with E-state index in [2.05, 4.69) is 20.9 Å². The van der Waals surface area contributed by atoms with Crippen LogP contribution in [0.25, 0.3) is 0 Å². The van der Waals surface area contributed by atoms with Crippen LogP contribution in [-0.2, 0) is 0 Å². The molecule has 4 nitrogen and oxygen atoms in total. The molecule has 2 rings (SSSR count). The van der Waals surface area contributed by atoms with Gasteiger partial charge in [0.1, 0.15) is 5.69 Å². The minimum atomic E-state index is -0.0392. The summed E-state index contributed by atoms with van der Waals surface area (Å²) in [6.45, 7) is 1.40. The van der Waals surface area contributed by atoms with E-state index < -0.39 is 0 Å². The van der Waals surface area contributed by atoms with Crippen LogP contribution in [0.5, 0.6) is 0 Å². The predicted molar refractivity (Wildman–Crippen MR) is 65.0 cm³/mol. The Morgan fingerprint density at radius 2 is 2.44 bits per heavy atom. The van der Waals surface area contributed by atoms with Crippen molar-refractivity contribution in [1.82, 2.24) is 9.88 Å². The van der Waals surface area contributed by atoms with Gasteiger partial charge in [0, 0.05) is 29.8 Å². The molecule has 1 atom stereocenters. The van der Waals surface area contributed by atoms with Crippen molar-refractivity contribution in [3.05, 3.63) is 28.5 Å². The Morgan fingerprint density at radius 1 is 1.62 bits per heavy atom. The second kappa shape index (κ2) is 4.93. The number of halogens is 1. The molecule has 0 radical (unpaired) electrons. The highest BCUT2D eigenvalue weighted by molar-refractivity contribution is 9.10. The van der Waals surface area contributed by atoms with Crippen molar-refractivity contribution < 1.29 is 4.79 Å². The Bertz CT molecular complexity index is 397. The summed E-state index contributed by atoms with van der Waals surface area (Å²) in [5.41, 5.74) is 6.32. The quantitative estimate of drug-likeness (QED) is 0.848. The summed E-state index contributed by atoms with van der Waals surface area (Å²) in [4.78, 5) is 18.0. The number of piperidine rings is 1. The maximum absolute atomic E-state index is 12.1. The van der Waals surface area contributed by atoms with E-state index in [-0.39, 0.29) is 11.9 Å². The van der Waals surface area contributed by atoms with Gasteiger partial charge in [-0.05, 0) is 40.9 Å². The first-order chi connectivity index (χ1) is 7.68. The minimum Gasteiger partial charge on any atom is -0.336 e. The predicted octanol–water partition coefficient (Wildman–Crippen LogP) is 1.41. The van der Waals surface area contributed by atoms with Crippen LogP contribution < -0.4 is 5.73 Å². The van der Waals surface area contributed by atoms with E-state index >= 15 is 0 Å². The van der Waals surface area contributed by atoms with E-state index in [0.717, 1.165) is 23.9 Å². The molecule has 2 N–H and O–H groups in total. The minimum absolute atomic E-state index is 0.0392. The van der Waals surface area contributed by atoms with Crippen LogP contribution in [0.15, 0.2) is 22.8 Å². The van der Waals surface area contributed by atoms with Crippen molar-refractivity contribution in [1.29, 1.82) is 0 Å². The smallest absolute Gasteiger partial charge is 0.273 e. The topological polar surface area (TPSA) is 59.2 Å². The molecule has 5 heteroatoms. The molecule has 16 heavy (non-hydrogen) atoms. The molecule has 1 saturated heterocycles. The Kier molecular flexibility index (Phi) is 3.56. The van der Waals surface area contributed by atoms with Crippen LogP contribution >= 0.6 is 15.9 Å². The molecule has 1 amide bonds. The van der Waals surface area contributed by atoms with E-state index in [1.54, 1.807) is 17.2 Å². The molecular formula is C11H14BrN3O. The third-order valence-electron chi connectivity index (χ3n) is 2.71. The average Bonchev–Trinajstić information content (AvgIpc) is 2.29. The first-order valence-electron chi connectivity index (χ1n) is 5.34. The Morgan fingerprint density at radius 3 is 3.12 bits per heavy atom. The summed E-state index contributed by atoms with van der Waals surface area (Å²) < 4.78 is 0.735. The molecule has 86 valence electrons. The van der Waals surface area contributed by atoms with Gasteiger partial charge < -0.3 is 10.6 Å². The number of nitrogens with two attached hydrogens (primary N) is 1. The van der Waals surface area contributed by atoms with E-state index in [4.69, 9.17) is 5.73 Å². The third-order valence-corrected chi connectivity index (χ3v) is 3.35. The van der Waals surface area contributed by atoms with E-state index in [1.165, 1.54) is 0 Å². The molecule has 2 heterocycles. The number of amides is 1. The molecule has 1 aliphatic heterocycles. The van der Waals surface area contributed by atoms with Crippen molar-refractivity contribution in [3.63, 3.8) is 0 Å². The van der Waals surface area contributed by atoms with E-state index in [1.807, 2.05) is 6.07 Å². The maximum Gasteiger partial charge on any atom is 0.273 e. The van der Waals surface area contributed by atoms with Crippen LogP contribution in [-0.4, -0.2) is 34.9 Å². The average molecular weight is 284 g/mol. The second-order valence-corrected chi connectivity index (χ2v) is 4.84. The number of hydrogen-bond acceptors (Lipinski definition) is 3. The molecular weight excluding hydrogens is 270 g/mol. The summed E-state index contributed by atoms with van der Waals surface area (Å²) >= 11 is 3.34. The fraction of sp³-hybridized carbons (Fsp3) is 0.455. The molecule has 0 aliphatic carbocycles. The molecule has 1 aromatic heterocycles. The van der Waals surface area contributed by atoms with Crippen LogP contribution in [0.2, 0.25) is 0 Å². The number of aromatic nitrogens is 1. The van der Waals surface area contributed by atoms with Gasteiger partial charge in [-0.2, -0.15) is 0 Å². The van der Waals surface area contributed by atoms with Gasteiger partial charge in [-0.3, -0.25) is 4.79 Å². The zero-order valence-electron chi connectivity index (χ0n) is 8.90. The Balaban J connectivity index is 2.16. The fourth-order valence-corrected chi connectivity index (χ4v) is 2.31. The second-order valence-electron chi connectivity index (χ2n) is 3.99. The van der Waals surface area contributed by atoms with Crippen molar-refractivity contribution in [3.8, 4) is 0 Å². The van der Waals surface area contributed by atoms with Crippen molar-refractivity contribution in [2.45, 2.75) is 18.9 Å². The zero-order valence-corrected chi connectivity index (χ0v) is 10.5. The Labute approximate surface area is 103 Å². The highest BCUT2D eigenvalue weighted by Gasteiger charge is 2.24. The van der Waals surface area contributed by atoms with Crippen LogP contribution in [0.4, 0.5) is 0 Å². The highest BCUT2D eigenvalue weighted by Crippen LogP contribution is 2.17. The first kappa shape index (κ1) is 11.5. The standard InChI is InChI=1S/C11H14BrN3O/c12-9-4-1-5-14-10(9)11(16)15-6-2-3-8(13)7-15/h1,4-5,8H,2-3,6-7,13H2/t8-/m1/s1. The lowest BCUT2D eigenvalue weighted by molar-refractivity contribution is 0.0702. The molecule has 1 aliphatic rings. The molecule has 0 bridgehead atoms. The summed E-state index contributed by atoms with van der Waals surface area (Å²) in [5, 5.41) is 0. The van der Waals surface area contributed by atoms with Gasteiger partial charge in [0.25, 0.3) is 5.91 Å². The summed E-state index contributed by atoms with van der Waals surface area (Å²) in [6.07, 6.45) is 3.59. The zero-order chi connectivity index (χ0) is 11.5. The van der Waals surface area contributed by atoms with Gasteiger partial charge in [-0.25, -0.2) is 4.98 Å².